The number of amides is 1. The fourth-order valence-corrected chi connectivity index (χ4v) is 2.08. The van der Waals surface area contributed by atoms with Gasteiger partial charge in [-0.3, -0.25) is 9.69 Å². The summed E-state index contributed by atoms with van der Waals surface area (Å²) < 4.78 is 0. The molecule has 0 saturated carbocycles. The number of hydrogen-bond donors (Lipinski definition) is 2. The zero-order chi connectivity index (χ0) is 15.0. The molecule has 0 aliphatic heterocycles. The Morgan fingerprint density at radius 1 is 1.35 bits per heavy atom. The quantitative estimate of drug-likeness (QED) is 0.768. The Morgan fingerprint density at radius 3 is 2.65 bits per heavy atom. The molecule has 0 spiro atoms. The van der Waals surface area contributed by atoms with E-state index >= 15 is 0 Å². The zero-order valence-corrected chi connectivity index (χ0v) is 12.7. The van der Waals surface area contributed by atoms with Gasteiger partial charge in [-0.05, 0) is 37.9 Å². The van der Waals surface area contributed by atoms with E-state index in [1.807, 2.05) is 43.0 Å². The molecule has 1 aromatic carbocycles. The highest BCUT2D eigenvalue weighted by Crippen LogP contribution is 2.13. The van der Waals surface area contributed by atoms with Crippen LogP contribution in [0.2, 0.25) is 0 Å². The highest BCUT2D eigenvalue weighted by molar-refractivity contribution is 5.92. The third-order valence-electron chi connectivity index (χ3n) is 3.27. The fourth-order valence-electron chi connectivity index (χ4n) is 2.08. The van der Waals surface area contributed by atoms with E-state index in [0.29, 0.717) is 19.5 Å². The molecule has 1 atom stereocenters. The van der Waals surface area contributed by atoms with Crippen molar-refractivity contribution in [3.8, 4) is 0 Å². The highest BCUT2D eigenvalue weighted by atomic mass is 16.3. The first kappa shape index (κ1) is 16.7. The van der Waals surface area contributed by atoms with Crippen molar-refractivity contribution < 1.29 is 9.90 Å². The molecule has 0 radical (unpaired) electrons. The summed E-state index contributed by atoms with van der Waals surface area (Å²) in [5.41, 5.74) is 1.90. The Morgan fingerprint density at radius 2 is 2.05 bits per heavy atom. The Labute approximate surface area is 121 Å². The molecule has 0 aromatic heterocycles. The predicted molar refractivity (Wildman–Crippen MR) is 82.8 cm³/mol. The Balaban J connectivity index is 2.55. The number of anilines is 1. The Bertz CT molecular complexity index is 421. The normalized spacial score (nSPS) is 12.4. The maximum absolute atomic E-state index is 12.1. The number of carbonyl (C=O) groups is 1. The number of aliphatic hydroxyl groups is 1. The summed E-state index contributed by atoms with van der Waals surface area (Å²) in [6, 6.07) is 7.73. The van der Waals surface area contributed by atoms with E-state index in [1.165, 1.54) is 0 Å². The van der Waals surface area contributed by atoms with E-state index in [0.717, 1.165) is 24.2 Å². The summed E-state index contributed by atoms with van der Waals surface area (Å²) in [6.45, 7) is 7.68. The number of aryl methyl sites for hydroxylation is 1. The van der Waals surface area contributed by atoms with Gasteiger partial charge in [-0.1, -0.05) is 32.0 Å². The largest absolute Gasteiger partial charge is 0.392 e. The van der Waals surface area contributed by atoms with Gasteiger partial charge in [-0.2, -0.15) is 0 Å². The molecule has 0 aliphatic rings. The van der Waals surface area contributed by atoms with Crippen molar-refractivity contribution in [2.24, 2.45) is 0 Å². The first-order valence-corrected chi connectivity index (χ1v) is 7.32. The van der Waals surface area contributed by atoms with Gasteiger partial charge in [0.05, 0.1) is 12.6 Å². The maximum Gasteiger partial charge on any atom is 0.238 e. The molecular weight excluding hydrogens is 252 g/mol. The van der Waals surface area contributed by atoms with Gasteiger partial charge < -0.3 is 10.4 Å². The molecule has 0 saturated heterocycles. The summed E-state index contributed by atoms with van der Waals surface area (Å²) in [4.78, 5) is 14.1. The van der Waals surface area contributed by atoms with E-state index in [1.54, 1.807) is 0 Å². The second-order valence-electron chi connectivity index (χ2n) is 5.16. The molecule has 1 rings (SSSR count). The van der Waals surface area contributed by atoms with Gasteiger partial charge in [-0.25, -0.2) is 0 Å². The predicted octanol–water partition coefficient (Wildman–Crippen LogP) is 2.42. The van der Waals surface area contributed by atoms with Gasteiger partial charge in [0.15, 0.2) is 0 Å². The molecule has 0 fully saturated rings. The Hall–Kier alpha value is -1.39. The third kappa shape index (κ3) is 5.72. The van der Waals surface area contributed by atoms with Crippen LogP contribution < -0.4 is 5.32 Å². The topological polar surface area (TPSA) is 52.6 Å². The molecule has 1 aromatic rings. The van der Waals surface area contributed by atoms with Crippen LogP contribution in [-0.4, -0.2) is 41.7 Å². The standard InChI is InChI=1S/C16H26N2O2/c1-4-10-18(11-14(19)5-2)12-16(20)17-15-9-7-6-8-13(15)3/h6-9,14,19H,4-5,10-12H2,1-3H3,(H,17,20)/t14-/m1/s1. The minimum absolute atomic E-state index is 0.0314. The van der Waals surface area contributed by atoms with Crippen LogP contribution in [0, 0.1) is 6.92 Å². The zero-order valence-electron chi connectivity index (χ0n) is 12.7. The van der Waals surface area contributed by atoms with Crippen LogP contribution in [0.5, 0.6) is 0 Å². The van der Waals surface area contributed by atoms with Crippen molar-refractivity contribution in [1.29, 1.82) is 0 Å². The molecule has 2 N–H and O–H groups in total. The number of para-hydroxylation sites is 1. The number of aliphatic hydroxyl groups excluding tert-OH is 1. The molecule has 20 heavy (non-hydrogen) atoms. The van der Waals surface area contributed by atoms with E-state index in [-0.39, 0.29) is 12.0 Å². The summed E-state index contributed by atoms with van der Waals surface area (Å²) in [6.07, 6.45) is 1.31. The third-order valence-corrected chi connectivity index (χ3v) is 3.27. The molecule has 0 heterocycles. The van der Waals surface area contributed by atoms with Crippen LogP contribution in [0.15, 0.2) is 24.3 Å². The van der Waals surface area contributed by atoms with Crippen LogP contribution in [-0.2, 0) is 4.79 Å². The lowest BCUT2D eigenvalue weighted by Gasteiger charge is -2.23. The van der Waals surface area contributed by atoms with Gasteiger partial charge in [-0.15, -0.1) is 0 Å². The minimum atomic E-state index is -0.368. The molecule has 4 heteroatoms. The monoisotopic (exact) mass is 278 g/mol. The number of rotatable bonds is 8. The smallest absolute Gasteiger partial charge is 0.238 e. The van der Waals surface area contributed by atoms with Gasteiger partial charge in [0.1, 0.15) is 0 Å². The number of benzene rings is 1. The number of nitrogens with one attached hydrogen (secondary N) is 1. The molecule has 0 unspecified atom stereocenters. The lowest BCUT2D eigenvalue weighted by atomic mass is 10.2. The van der Waals surface area contributed by atoms with E-state index in [9.17, 15) is 9.90 Å². The first-order valence-electron chi connectivity index (χ1n) is 7.32. The number of carbonyl (C=O) groups excluding carboxylic acids is 1. The summed E-state index contributed by atoms with van der Waals surface area (Å²) in [7, 11) is 0. The average molecular weight is 278 g/mol. The molecule has 0 aliphatic carbocycles. The summed E-state index contributed by atoms with van der Waals surface area (Å²) >= 11 is 0. The second-order valence-corrected chi connectivity index (χ2v) is 5.16. The highest BCUT2D eigenvalue weighted by Gasteiger charge is 2.14. The van der Waals surface area contributed by atoms with Gasteiger partial charge in [0.2, 0.25) is 5.91 Å². The Kier molecular flexibility index (Phi) is 7.26. The van der Waals surface area contributed by atoms with Crippen LogP contribution in [0.1, 0.15) is 32.3 Å². The molecular formula is C16H26N2O2. The maximum atomic E-state index is 12.1. The summed E-state index contributed by atoms with van der Waals surface area (Å²) in [5, 5.41) is 12.7. The van der Waals surface area contributed by atoms with Crippen molar-refractivity contribution in [1.82, 2.24) is 4.90 Å². The average Bonchev–Trinajstić information content (AvgIpc) is 2.41. The van der Waals surface area contributed by atoms with E-state index in [2.05, 4.69) is 12.2 Å². The SMILES string of the molecule is CCCN(CC(=O)Nc1ccccc1C)C[C@H](O)CC. The number of nitrogens with zero attached hydrogens (tertiary/aromatic N) is 1. The van der Waals surface area contributed by atoms with Crippen LogP contribution in [0.4, 0.5) is 5.69 Å². The van der Waals surface area contributed by atoms with E-state index in [4.69, 9.17) is 0 Å². The van der Waals surface area contributed by atoms with Gasteiger partial charge in [0, 0.05) is 12.2 Å². The lowest BCUT2D eigenvalue weighted by molar-refractivity contribution is -0.117. The molecule has 4 nitrogen and oxygen atoms in total. The lowest BCUT2D eigenvalue weighted by Crippen LogP contribution is -2.38. The van der Waals surface area contributed by atoms with Crippen molar-refractivity contribution in [3.63, 3.8) is 0 Å². The summed E-state index contributed by atoms with van der Waals surface area (Å²) in [5.74, 6) is -0.0314. The van der Waals surface area contributed by atoms with Crippen molar-refractivity contribution >= 4 is 11.6 Å². The van der Waals surface area contributed by atoms with Crippen LogP contribution >= 0.6 is 0 Å². The van der Waals surface area contributed by atoms with Crippen molar-refractivity contribution in [3.05, 3.63) is 29.8 Å². The van der Waals surface area contributed by atoms with Gasteiger partial charge >= 0.3 is 0 Å². The first-order chi connectivity index (χ1) is 9.56. The van der Waals surface area contributed by atoms with Crippen molar-refractivity contribution in [2.75, 3.05) is 25.0 Å². The van der Waals surface area contributed by atoms with Crippen molar-refractivity contribution in [2.45, 2.75) is 39.7 Å². The molecule has 1 amide bonds. The fraction of sp³-hybridized carbons (Fsp3) is 0.562. The molecule has 0 bridgehead atoms. The number of hydrogen-bond acceptors (Lipinski definition) is 3. The van der Waals surface area contributed by atoms with Crippen LogP contribution in [0.3, 0.4) is 0 Å². The second kappa shape index (κ2) is 8.72. The van der Waals surface area contributed by atoms with Crippen LogP contribution in [0.25, 0.3) is 0 Å². The minimum Gasteiger partial charge on any atom is -0.392 e. The van der Waals surface area contributed by atoms with Gasteiger partial charge in [0.25, 0.3) is 0 Å². The molecule has 112 valence electrons. The van der Waals surface area contributed by atoms with E-state index < -0.39 is 0 Å².